The molecule has 0 spiro atoms. The molecule has 0 aliphatic carbocycles. The molecule has 5 aromatic rings. The molecule has 1 amide bonds. The molecule has 0 saturated heterocycles. The molecule has 0 fully saturated rings. The van der Waals surface area contributed by atoms with Gasteiger partial charge in [-0.1, -0.05) is 17.7 Å². The number of rotatable bonds is 7. The van der Waals surface area contributed by atoms with Crippen LogP contribution in [0.3, 0.4) is 0 Å². The summed E-state index contributed by atoms with van der Waals surface area (Å²) in [4.78, 5) is 21.6. The molecule has 5 rings (SSSR count). The van der Waals surface area contributed by atoms with Gasteiger partial charge in [0.1, 0.15) is 23.6 Å². The van der Waals surface area contributed by atoms with E-state index in [4.69, 9.17) is 9.47 Å². The summed E-state index contributed by atoms with van der Waals surface area (Å²) in [5.41, 5.74) is 4.54. The van der Waals surface area contributed by atoms with Gasteiger partial charge in [-0.2, -0.15) is 14.9 Å². The Bertz CT molecular complexity index is 1550. The number of methoxy groups -OCH3 is 1. The summed E-state index contributed by atoms with van der Waals surface area (Å²) in [5, 5.41) is 12.7. The fourth-order valence-corrected chi connectivity index (χ4v) is 3.97. The zero-order valence-electron chi connectivity index (χ0n) is 20.4. The van der Waals surface area contributed by atoms with E-state index < -0.39 is 0 Å². The predicted octanol–water partition coefficient (Wildman–Crippen LogP) is 3.95. The maximum Gasteiger partial charge on any atom is 0.263 e. The van der Waals surface area contributed by atoms with Crippen molar-refractivity contribution in [3.8, 4) is 23.0 Å². The van der Waals surface area contributed by atoms with Crippen molar-refractivity contribution in [3.05, 3.63) is 77.9 Å². The van der Waals surface area contributed by atoms with E-state index in [1.54, 1.807) is 53.0 Å². The Morgan fingerprint density at radius 3 is 2.50 bits per heavy atom. The van der Waals surface area contributed by atoms with Crippen molar-refractivity contribution in [1.82, 2.24) is 29.5 Å². The number of nitrogens with zero attached hydrogens (tertiary/aromatic N) is 6. The third-order valence-corrected chi connectivity index (χ3v) is 5.65. The van der Waals surface area contributed by atoms with Crippen LogP contribution in [0.4, 0.5) is 5.82 Å². The van der Waals surface area contributed by atoms with Crippen LogP contribution in [-0.2, 0) is 4.79 Å². The predicted molar refractivity (Wildman–Crippen MR) is 135 cm³/mol. The lowest BCUT2D eigenvalue weighted by atomic mass is 10.1. The number of anilines is 1. The van der Waals surface area contributed by atoms with Crippen LogP contribution in [0.2, 0.25) is 0 Å². The smallest absolute Gasteiger partial charge is 0.263 e. The minimum Gasteiger partial charge on any atom is -0.497 e. The molecule has 3 heterocycles. The monoisotopic (exact) mass is 483 g/mol. The summed E-state index contributed by atoms with van der Waals surface area (Å²) in [5.74, 6) is 1.92. The number of carbonyl (C=O) groups excluding carboxylic acids is 1. The van der Waals surface area contributed by atoms with Crippen molar-refractivity contribution in [2.24, 2.45) is 0 Å². The normalized spacial score (nSPS) is 11.0. The standard InChI is InChI=1S/C26H25N7O3/c1-16-5-10-22(17(2)11-16)32-25-21(13-29-32)26(28-15-27-25)33-23(12-18(3)31-33)30-24(34)14-36-20-8-6-19(35-4)7-9-20/h5-13,15H,14H2,1-4H3,(H,30,34). The van der Waals surface area contributed by atoms with Gasteiger partial charge in [-0.05, 0) is 56.7 Å². The van der Waals surface area contributed by atoms with Crippen molar-refractivity contribution in [2.45, 2.75) is 20.8 Å². The van der Waals surface area contributed by atoms with Crippen molar-refractivity contribution >= 4 is 22.8 Å². The van der Waals surface area contributed by atoms with E-state index in [1.807, 2.05) is 26.0 Å². The quantitative estimate of drug-likeness (QED) is 0.373. The highest BCUT2D eigenvalue weighted by Gasteiger charge is 2.18. The van der Waals surface area contributed by atoms with Crippen LogP contribution in [0.15, 0.2) is 61.1 Å². The van der Waals surface area contributed by atoms with Gasteiger partial charge < -0.3 is 14.8 Å². The number of ether oxygens (including phenoxy) is 2. The van der Waals surface area contributed by atoms with Crippen molar-refractivity contribution in [2.75, 3.05) is 19.0 Å². The average Bonchev–Trinajstić information content (AvgIpc) is 3.46. The van der Waals surface area contributed by atoms with Crippen LogP contribution >= 0.6 is 0 Å². The van der Waals surface area contributed by atoms with Crippen LogP contribution < -0.4 is 14.8 Å². The van der Waals surface area contributed by atoms with Gasteiger partial charge >= 0.3 is 0 Å². The lowest BCUT2D eigenvalue weighted by Gasteiger charge is -2.11. The second-order valence-electron chi connectivity index (χ2n) is 8.38. The fraction of sp³-hybridized carbons (Fsp3) is 0.192. The van der Waals surface area contributed by atoms with Gasteiger partial charge in [0.25, 0.3) is 5.91 Å². The average molecular weight is 484 g/mol. The molecule has 10 nitrogen and oxygen atoms in total. The van der Waals surface area contributed by atoms with Crippen LogP contribution in [0, 0.1) is 20.8 Å². The minimum atomic E-state index is -0.330. The van der Waals surface area contributed by atoms with Crippen LogP contribution in [0.25, 0.3) is 22.5 Å². The molecule has 0 saturated carbocycles. The molecule has 0 aliphatic heterocycles. The second-order valence-corrected chi connectivity index (χ2v) is 8.38. The maximum atomic E-state index is 12.7. The highest BCUT2D eigenvalue weighted by molar-refractivity contribution is 5.92. The molecule has 182 valence electrons. The Morgan fingerprint density at radius 2 is 1.75 bits per heavy atom. The number of carbonyl (C=O) groups is 1. The molecular formula is C26H25N7O3. The lowest BCUT2D eigenvalue weighted by Crippen LogP contribution is -2.22. The number of nitrogens with one attached hydrogen (secondary N) is 1. The van der Waals surface area contributed by atoms with Crippen molar-refractivity contribution in [3.63, 3.8) is 0 Å². The van der Waals surface area contributed by atoms with E-state index in [9.17, 15) is 4.79 Å². The molecule has 36 heavy (non-hydrogen) atoms. The number of fused-ring (bicyclic) bond motifs is 1. The minimum absolute atomic E-state index is 0.166. The molecule has 0 unspecified atom stereocenters. The molecule has 2 aromatic carbocycles. The molecule has 10 heteroatoms. The van der Waals surface area contributed by atoms with E-state index in [-0.39, 0.29) is 12.5 Å². The number of benzene rings is 2. The maximum absolute atomic E-state index is 12.7. The number of aromatic nitrogens is 6. The Hall–Kier alpha value is -4.73. The number of hydrogen-bond acceptors (Lipinski definition) is 7. The lowest BCUT2D eigenvalue weighted by molar-refractivity contribution is -0.118. The zero-order valence-corrected chi connectivity index (χ0v) is 20.4. The van der Waals surface area contributed by atoms with Gasteiger partial charge in [-0.15, -0.1) is 0 Å². The van der Waals surface area contributed by atoms with Gasteiger partial charge in [0.15, 0.2) is 18.1 Å². The molecular weight excluding hydrogens is 458 g/mol. The summed E-state index contributed by atoms with van der Waals surface area (Å²) in [6.07, 6.45) is 3.17. The number of aryl methyl sites for hydroxylation is 3. The molecule has 0 radical (unpaired) electrons. The van der Waals surface area contributed by atoms with E-state index in [0.29, 0.717) is 34.2 Å². The number of hydrogen-bond donors (Lipinski definition) is 1. The summed E-state index contributed by atoms with van der Waals surface area (Å²) in [6, 6.07) is 14.9. The van der Waals surface area contributed by atoms with Crippen LogP contribution in [0.5, 0.6) is 11.5 Å². The van der Waals surface area contributed by atoms with E-state index in [2.05, 4.69) is 38.5 Å². The summed E-state index contributed by atoms with van der Waals surface area (Å²) in [7, 11) is 1.59. The van der Waals surface area contributed by atoms with Gasteiger partial charge in [-0.3, -0.25) is 4.79 Å². The zero-order chi connectivity index (χ0) is 25.2. The van der Waals surface area contributed by atoms with E-state index in [0.717, 1.165) is 16.9 Å². The third-order valence-electron chi connectivity index (χ3n) is 5.65. The SMILES string of the molecule is COc1ccc(OCC(=O)Nc2cc(C)nn2-c2ncnc3c2cnn3-c2ccc(C)cc2C)cc1. The van der Waals surface area contributed by atoms with Crippen LogP contribution in [-0.4, -0.2) is 49.2 Å². The topological polar surface area (TPSA) is 109 Å². The number of amides is 1. The third kappa shape index (κ3) is 4.48. The molecule has 0 bridgehead atoms. The van der Waals surface area contributed by atoms with E-state index in [1.165, 1.54) is 11.9 Å². The van der Waals surface area contributed by atoms with Crippen molar-refractivity contribution < 1.29 is 14.3 Å². The molecule has 3 aromatic heterocycles. The van der Waals surface area contributed by atoms with E-state index >= 15 is 0 Å². The Labute approximate surface area is 207 Å². The summed E-state index contributed by atoms with van der Waals surface area (Å²) >= 11 is 0. The van der Waals surface area contributed by atoms with Gasteiger partial charge in [0, 0.05) is 6.07 Å². The van der Waals surface area contributed by atoms with Gasteiger partial charge in [-0.25, -0.2) is 14.6 Å². The largest absolute Gasteiger partial charge is 0.497 e. The first kappa shape index (κ1) is 23.0. The Morgan fingerprint density at radius 1 is 0.972 bits per heavy atom. The summed E-state index contributed by atoms with van der Waals surface area (Å²) in [6.45, 7) is 5.77. The first-order valence-electron chi connectivity index (χ1n) is 11.3. The first-order chi connectivity index (χ1) is 17.4. The fourth-order valence-electron chi connectivity index (χ4n) is 3.97. The highest BCUT2D eigenvalue weighted by Crippen LogP contribution is 2.25. The highest BCUT2D eigenvalue weighted by atomic mass is 16.5. The second kappa shape index (κ2) is 9.49. The molecule has 0 atom stereocenters. The van der Waals surface area contributed by atoms with Crippen molar-refractivity contribution in [1.29, 1.82) is 0 Å². The van der Waals surface area contributed by atoms with Gasteiger partial charge in [0.05, 0.1) is 30.1 Å². The first-order valence-corrected chi connectivity index (χ1v) is 11.3. The Balaban J connectivity index is 1.41. The van der Waals surface area contributed by atoms with Gasteiger partial charge in [0.2, 0.25) is 0 Å². The molecule has 0 aliphatic rings. The molecule has 1 N–H and O–H groups in total. The van der Waals surface area contributed by atoms with Crippen LogP contribution in [0.1, 0.15) is 16.8 Å². The Kier molecular flexibility index (Phi) is 6.07. The summed E-state index contributed by atoms with van der Waals surface area (Å²) < 4.78 is 14.1.